The molecule has 0 aliphatic heterocycles. The second-order valence-electron chi connectivity index (χ2n) is 4.63. The maximum atomic E-state index is 12.3. The van der Waals surface area contributed by atoms with Crippen molar-refractivity contribution in [2.75, 3.05) is 0 Å². The van der Waals surface area contributed by atoms with Gasteiger partial charge in [0.25, 0.3) is 5.56 Å². The van der Waals surface area contributed by atoms with Gasteiger partial charge in [-0.1, -0.05) is 24.3 Å². The minimum Gasteiger partial charge on any atom is -0.493 e. The van der Waals surface area contributed by atoms with E-state index in [1.807, 2.05) is 38.1 Å². The molecule has 0 saturated carbocycles. The Balaban J connectivity index is 2.44. The van der Waals surface area contributed by atoms with Crippen LogP contribution in [0.4, 0.5) is 0 Å². The average Bonchev–Trinajstić information content (AvgIpc) is 2.69. The maximum absolute atomic E-state index is 12.3. The number of hydrogen-bond acceptors (Lipinski definition) is 3. The third kappa shape index (κ3) is 1.82. The molecule has 0 amide bonds. The van der Waals surface area contributed by atoms with Crippen LogP contribution in [0.15, 0.2) is 29.1 Å². The zero-order chi connectivity index (χ0) is 14.4. The summed E-state index contributed by atoms with van der Waals surface area (Å²) in [5.74, 6) is -0.135. The first-order valence-electron chi connectivity index (χ1n) is 6.06. The molecule has 0 unspecified atom stereocenters. The van der Waals surface area contributed by atoms with Gasteiger partial charge in [-0.2, -0.15) is 9.61 Å². The van der Waals surface area contributed by atoms with Gasteiger partial charge in [0.05, 0.1) is 9.26 Å². The predicted molar refractivity (Wildman–Crippen MR) is 85.1 cm³/mol. The van der Waals surface area contributed by atoms with E-state index in [1.165, 1.54) is 4.52 Å². The van der Waals surface area contributed by atoms with E-state index in [-0.39, 0.29) is 17.0 Å². The SMILES string of the molecule is Cc1ccccc1-c1c(O)n2nc(C)c(I)c2[nH]c1=O. The van der Waals surface area contributed by atoms with E-state index in [4.69, 9.17) is 0 Å². The standard InChI is InChI=1S/C14H12IN3O2/c1-7-5-3-4-6-9(7)10-13(19)16-12-11(15)8(2)17-18(12)14(10)20/h3-6,20H,1-2H3,(H,16,19). The van der Waals surface area contributed by atoms with Gasteiger partial charge < -0.3 is 10.1 Å². The van der Waals surface area contributed by atoms with Gasteiger partial charge in [0, 0.05) is 0 Å². The Bertz CT molecular complexity index is 880. The molecule has 3 rings (SSSR count). The number of aryl methyl sites for hydroxylation is 2. The summed E-state index contributed by atoms with van der Waals surface area (Å²) >= 11 is 2.10. The fourth-order valence-electron chi connectivity index (χ4n) is 2.24. The van der Waals surface area contributed by atoms with Crippen molar-refractivity contribution in [2.24, 2.45) is 0 Å². The van der Waals surface area contributed by atoms with Gasteiger partial charge in [-0.25, -0.2) is 0 Å². The van der Waals surface area contributed by atoms with Crippen LogP contribution < -0.4 is 5.56 Å². The number of aromatic nitrogens is 3. The lowest BCUT2D eigenvalue weighted by molar-refractivity contribution is 0.436. The van der Waals surface area contributed by atoms with Crippen molar-refractivity contribution in [3.8, 4) is 17.0 Å². The van der Waals surface area contributed by atoms with Crippen LogP contribution in [-0.2, 0) is 0 Å². The molecule has 0 radical (unpaired) electrons. The van der Waals surface area contributed by atoms with Gasteiger partial charge in [0.15, 0.2) is 5.65 Å². The Kier molecular flexibility index (Phi) is 3.04. The lowest BCUT2D eigenvalue weighted by Gasteiger charge is -2.08. The molecule has 2 heterocycles. The molecule has 2 aromatic heterocycles. The van der Waals surface area contributed by atoms with Crippen molar-refractivity contribution in [2.45, 2.75) is 13.8 Å². The summed E-state index contributed by atoms with van der Waals surface area (Å²) in [5, 5.41) is 14.7. The first-order valence-corrected chi connectivity index (χ1v) is 7.14. The van der Waals surface area contributed by atoms with Gasteiger partial charge in [0.1, 0.15) is 5.56 Å². The van der Waals surface area contributed by atoms with E-state index in [0.29, 0.717) is 11.2 Å². The number of nitrogens with one attached hydrogen (secondary N) is 1. The molecule has 2 N–H and O–H groups in total. The van der Waals surface area contributed by atoms with Crippen LogP contribution in [-0.4, -0.2) is 19.7 Å². The van der Waals surface area contributed by atoms with Crippen LogP contribution in [0, 0.1) is 17.4 Å². The van der Waals surface area contributed by atoms with Crippen LogP contribution in [0.2, 0.25) is 0 Å². The molecule has 3 aromatic rings. The van der Waals surface area contributed by atoms with Gasteiger partial charge in [-0.05, 0) is 47.6 Å². The van der Waals surface area contributed by atoms with Gasteiger partial charge in [0.2, 0.25) is 5.88 Å². The molecular formula is C14H12IN3O2. The summed E-state index contributed by atoms with van der Waals surface area (Å²) in [7, 11) is 0. The smallest absolute Gasteiger partial charge is 0.262 e. The van der Waals surface area contributed by atoms with E-state index in [2.05, 4.69) is 32.7 Å². The van der Waals surface area contributed by atoms with Crippen LogP contribution in [0.1, 0.15) is 11.3 Å². The molecule has 0 bridgehead atoms. The molecule has 20 heavy (non-hydrogen) atoms. The summed E-state index contributed by atoms with van der Waals surface area (Å²) in [5.41, 5.74) is 2.83. The van der Waals surface area contributed by atoms with Crippen LogP contribution in [0.5, 0.6) is 5.88 Å². The largest absolute Gasteiger partial charge is 0.493 e. The Hall–Kier alpha value is -1.83. The van der Waals surface area contributed by atoms with Crippen molar-refractivity contribution in [1.29, 1.82) is 0 Å². The fourth-order valence-corrected chi connectivity index (χ4v) is 2.71. The number of nitrogens with zero attached hydrogens (tertiary/aromatic N) is 2. The minimum atomic E-state index is -0.317. The lowest BCUT2D eigenvalue weighted by atomic mass is 10.0. The highest BCUT2D eigenvalue weighted by Gasteiger charge is 2.18. The molecule has 0 spiro atoms. The Morgan fingerprint density at radius 2 is 2.00 bits per heavy atom. The normalized spacial score (nSPS) is 11.2. The summed E-state index contributed by atoms with van der Waals surface area (Å²) in [6.45, 7) is 3.73. The number of rotatable bonds is 1. The van der Waals surface area contributed by atoms with Crippen LogP contribution in [0.3, 0.4) is 0 Å². The molecule has 0 saturated heterocycles. The molecule has 0 atom stereocenters. The van der Waals surface area contributed by atoms with Crippen LogP contribution in [0.25, 0.3) is 16.8 Å². The number of aromatic amines is 1. The van der Waals surface area contributed by atoms with Gasteiger partial charge in [-0.15, -0.1) is 0 Å². The van der Waals surface area contributed by atoms with E-state index < -0.39 is 0 Å². The molecular weight excluding hydrogens is 369 g/mol. The average molecular weight is 381 g/mol. The van der Waals surface area contributed by atoms with E-state index in [9.17, 15) is 9.90 Å². The second-order valence-corrected chi connectivity index (χ2v) is 5.71. The van der Waals surface area contributed by atoms with Crippen molar-refractivity contribution in [1.82, 2.24) is 14.6 Å². The topological polar surface area (TPSA) is 70.4 Å². The number of halogens is 1. The predicted octanol–water partition coefficient (Wildman–Crippen LogP) is 2.62. The monoisotopic (exact) mass is 381 g/mol. The van der Waals surface area contributed by atoms with Gasteiger partial charge in [-0.3, -0.25) is 4.79 Å². The van der Waals surface area contributed by atoms with E-state index in [1.54, 1.807) is 0 Å². The third-order valence-electron chi connectivity index (χ3n) is 3.28. The second kappa shape index (κ2) is 4.62. The number of fused-ring (bicyclic) bond motifs is 1. The molecule has 102 valence electrons. The maximum Gasteiger partial charge on any atom is 0.262 e. The van der Waals surface area contributed by atoms with Crippen LogP contribution >= 0.6 is 22.6 Å². The van der Waals surface area contributed by atoms with E-state index >= 15 is 0 Å². The number of benzene rings is 1. The van der Waals surface area contributed by atoms with Crippen molar-refractivity contribution in [3.63, 3.8) is 0 Å². The molecule has 0 fully saturated rings. The fraction of sp³-hybridized carbons (Fsp3) is 0.143. The summed E-state index contributed by atoms with van der Waals surface area (Å²) in [4.78, 5) is 15.1. The summed E-state index contributed by atoms with van der Waals surface area (Å²) < 4.78 is 2.20. The summed E-state index contributed by atoms with van der Waals surface area (Å²) in [6, 6.07) is 7.44. The van der Waals surface area contributed by atoms with Crippen molar-refractivity contribution >= 4 is 28.2 Å². The molecule has 6 heteroatoms. The highest BCUT2D eigenvalue weighted by molar-refractivity contribution is 14.1. The molecule has 5 nitrogen and oxygen atoms in total. The number of aromatic hydroxyl groups is 1. The Labute approximate surface area is 128 Å². The van der Waals surface area contributed by atoms with Crippen molar-refractivity contribution < 1.29 is 5.11 Å². The highest BCUT2D eigenvalue weighted by Crippen LogP contribution is 2.29. The number of hydrogen-bond donors (Lipinski definition) is 2. The zero-order valence-corrected chi connectivity index (χ0v) is 13.1. The lowest BCUT2D eigenvalue weighted by Crippen LogP contribution is -2.13. The van der Waals surface area contributed by atoms with Gasteiger partial charge >= 0.3 is 0 Å². The Morgan fingerprint density at radius 1 is 1.30 bits per heavy atom. The molecule has 0 aliphatic rings. The first-order chi connectivity index (χ1) is 9.50. The molecule has 1 aromatic carbocycles. The van der Waals surface area contributed by atoms with Crippen molar-refractivity contribution in [3.05, 3.63) is 49.4 Å². The Morgan fingerprint density at radius 3 is 2.70 bits per heavy atom. The quantitative estimate of drug-likeness (QED) is 0.637. The summed E-state index contributed by atoms with van der Waals surface area (Å²) in [6.07, 6.45) is 0. The zero-order valence-electron chi connectivity index (χ0n) is 10.9. The molecule has 0 aliphatic carbocycles. The minimum absolute atomic E-state index is 0.135. The third-order valence-corrected chi connectivity index (χ3v) is 4.58. The highest BCUT2D eigenvalue weighted by atomic mass is 127. The van der Waals surface area contributed by atoms with E-state index in [0.717, 1.165) is 14.8 Å². The number of H-pyrrole nitrogens is 1. The first kappa shape index (κ1) is 13.2.